The van der Waals surface area contributed by atoms with Crippen LogP contribution in [0.25, 0.3) is 0 Å². The minimum atomic E-state index is -0.427. The molecule has 0 unspecified atom stereocenters. The lowest BCUT2D eigenvalue weighted by Gasteiger charge is -2.49. The van der Waals surface area contributed by atoms with Gasteiger partial charge in [0.25, 0.3) is 0 Å². The van der Waals surface area contributed by atoms with Gasteiger partial charge in [0.1, 0.15) is 0 Å². The summed E-state index contributed by atoms with van der Waals surface area (Å²) in [5, 5.41) is 0. The molecule has 1 amide bonds. The number of hydrogen-bond donors (Lipinski definition) is 0. The summed E-state index contributed by atoms with van der Waals surface area (Å²) >= 11 is 3.70. The van der Waals surface area contributed by atoms with Gasteiger partial charge in [-0.05, 0) is 29.3 Å². The Bertz CT molecular complexity index is 600. The third-order valence-electron chi connectivity index (χ3n) is 5.03. The summed E-state index contributed by atoms with van der Waals surface area (Å²) in [7, 11) is 0. The summed E-state index contributed by atoms with van der Waals surface area (Å²) < 4.78 is 7.50. The number of halogens is 1. The lowest BCUT2D eigenvalue weighted by Crippen LogP contribution is -2.58. The predicted molar refractivity (Wildman–Crippen MR) is 83.7 cm³/mol. The van der Waals surface area contributed by atoms with Crippen molar-refractivity contribution >= 4 is 21.8 Å². The van der Waals surface area contributed by atoms with Crippen molar-refractivity contribution in [3.05, 3.63) is 46.5 Å². The fraction of sp³-hybridized carbons (Fsp3) is 0.471. The van der Waals surface area contributed by atoms with Crippen LogP contribution in [-0.4, -0.2) is 23.1 Å². The predicted octanol–water partition coefficient (Wildman–Crippen LogP) is 3.77. The molecule has 0 aromatic heterocycles. The normalized spacial score (nSPS) is 35.2. The minimum absolute atomic E-state index is 0.0555. The maximum absolute atomic E-state index is 12.6. The summed E-state index contributed by atoms with van der Waals surface area (Å²) in [6.45, 7) is 0.604. The highest BCUT2D eigenvalue weighted by molar-refractivity contribution is 9.11. The molecular weight excluding hydrogens is 330 g/mol. The van der Waals surface area contributed by atoms with Crippen LogP contribution < -0.4 is 0 Å². The SMILES string of the molecule is O=C1CC[C@H]2C(Br)=CCC[C@]23OC[C@@H](c2ccccc2)N13. The standard InChI is InChI=1S/C17H18BrNO2/c18-14-7-4-10-17-13(14)8-9-16(20)19(17)15(11-21-17)12-5-2-1-3-6-12/h1-3,5-7,13,15H,4,8-11H2/t13-,15-,17-/m0/s1. The maximum atomic E-state index is 12.6. The fourth-order valence-electron chi connectivity index (χ4n) is 4.10. The molecule has 2 heterocycles. The zero-order chi connectivity index (χ0) is 14.4. The van der Waals surface area contributed by atoms with E-state index in [1.807, 2.05) is 23.1 Å². The second-order valence-electron chi connectivity index (χ2n) is 6.06. The molecule has 0 N–H and O–H groups in total. The van der Waals surface area contributed by atoms with E-state index in [1.165, 1.54) is 10.0 Å². The Kier molecular flexibility index (Phi) is 3.19. The van der Waals surface area contributed by atoms with Crippen molar-refractivity contribution in [2.45, 2.75) is 37.5 Å². The first-order valence-corrected chi connectivity index (χ1v) is 8.38. The van der Waals surface area contributed by atoms with Gasteiger partial charge in [-0.1, -0.05) is 52.3 Å². The van der Waals surface area contributed by atoms with Crippen LogP contribution in [0.15, 0.2) is 40.9 Å². The summed E-state index contributed by atoms with van der Waals surface area (Å²) in [5.41, 5.74) is 0.748. The average molecular weight is 348 g/mol. The Morgan fingerprint density at radius 1 is 1.29 bits per heavy atom. The molecule has 0 saturated carbocycles. The number of hydrogen-bond acceptors (Lipinski definition) is 2. The van der Waals surface area contributed by atoms with Gasteiger partial charge >= 0.3 is 0 Å². The largest absolute Gasteiger partial charge is 0.352 e. The number of benzene rings is 1. The first kappa shape index (κ1) is 13.5. The van der Waals surface area contributed by atoms with Gasteiger partial charge in [0, 0.05) is 12.3 Å². The molecule has 1 aliphatic carbocycles. The van der Waals surface area contributed by atoms with Gasteiger partial charge < -0.3 is 9.64 Å². The van der Waals surface area contributed by atoms with Crippen LogP contribution in [-0.2, 0) is 9.53 Å². The number of allylic oxidation sites excluding steroid dienone is 1. The Hall–Kier alpha value is -1.13. The molecule has 0 bridgehead atoms. The van der Waals surface area contributed by atoms with Gasteiger partial charge in [0.05, 0.1) is 12.6 Å². The van der Waals surface area contributed by atoms with Gasteiger partial charge in [-0.15, -0.1) is 0 Å². The number of ether oxygens (including phenoxy) is 1. The minimum Gasteiger partial charge on any atom is -0.352 e. The van der Waals surface area contributed by atoms with Crippen LogP contribution in [0, 0.1) is 5.92 Å². The second kappa shape index (κ2) is 4.96. The van der Waals surface area contributed by atoms with E-state index in [2.05, 4.69) is 34.1 Å². The molecule has 3 nitrogen and oxygen atoms in total. The van der Waals surface area contributed by atoms with Gasteiger partial charge in [-0.25, -0.2) is 0 Å². The molecule has 1 spiro atoms. The molecular formula is C17H18BrNO2. The number of nitrogens with zero attached hydrogens (tertiary/aromatic N) is 1. The molecule has 2 aliphatic heterocycles. The van der Waals surface area contributed by atoms with Crippen LogP contribution in [0.2, 0.25) is 0 Å². The second-order valence-corrected chi connectivity index (χ2v) is 6.98. The monoisotopic (exact) mass is 347 g/mol. The van der Waals surface area contributed by atoms with Crippen LogP contribution >= 0.6 is 15.9 Å². The van der Waals surface area contributed by atoms with Crippen LogP contribution in [0.4, 0.5) is 0 Å². The third kappa shape index (κ3) is 1.92. The Morgan fingerprint density at radius 2 is 2.10 bits per heavy atom. The summed E-state index contributed by atoms with van der Waals surface area (Å²) in [6.07, 6.45) is 5.60. The van der Waals surface area contributed by atoms with Crippen molar-refractivity contribution in [1.29, 1.82) is 0 Å². The number of amides is 1. The summed E-state index contributed by atoms with van der Waals surface area (Å²) in [5.74, 6) is 0.525. The topological polar surface area (TPSA) is 29.5 Å². The lowest BCUT2D eigenvalue weighted by atomic mass is 9.78. The van der Waals surface area contributed by atoms with E-state index in [0.29, 0.717) is 13.0 Å². The fourth-order valence-corrected chi connectivity index (χ4v) is 4.91. The van der Waals surface area contributed by atoms with Gasteiger partial charge in [-0.2, -0.15) is 0 Å². The van der Waals surface area contributed by atoms with E-state index in [-0.39, 0.29) is 17.9 Å². The van der Waals surface area contributed by atoms with Gasteiger partial charge in [-0.3, -0.25) is 4.79 Å². The maximum Gasteiger partial charge on any atom is 0.225 e. The molecule has 0 radical (unpaired) electrons. The number of carbonyl (C=O) groups is 1. The number of piperidine rings is 1. The molecule has 4 heteroatoms. The van der Waals surface area contributed by atoms with Crippen molar-refractivity contribution in [1.82, 2.24) is 4.90 Å². The van der Waals surface area contributed by atoms with E-state index in [0.717, 1.165) is 19.3 Å². The Morgan fingerprint density at radius 3 is 2.90 bits per heavy atom. The first-order chi connectivity index (χ1) is 10.2. The van der Waals surface area contributed by atoms with Crippen LogP contribution in [0.3, 0.4) is 0 Å². The van der Waals surface area contributed by atoms with Crippen LogP contribution in [0.1, 0.15) is 37.3 Å². The highest BCUT2D eigenvalue weighted by Crippen LogP contribution is 2.53. The summed E-state index contributed by atoms with van der Waals surface area (Å²) in [6, 6.07) is 10.3. The van der Waals surface area contributed by atoms with Crippen molar-refractivity contribution in [3.8, 4) is 0 Å². The highest BCUT2D eigenvalue weighted by Gasteiger charge is 2.58. The number of rotatable bonds is 1. The Balaban J connectivity index is 1.77. The molecule has 21 heavy (non-hydrogen) atoms. The zero-order valence-electron chi connectivity index (χ0n) is 11.8. The number of carbonyl (C=O) groups excluding carboxylic acids is 1. The van der Waals surface area contributed by atoms with Gasteiger partial charge in [0.15, 0.2) is 5.72 Å². The Labute approximate surface area is 133 Å². The molecule has 4 rings (SSSR count). The molecule has 2 fully saturated rings. The van der Waals surface area contributed by atoms with Crippen molar-refractivity contribution in [2.24, 2.45) is 5.92 Å². The highest BCUT2D eigenvalue weighted by atomic mass is 79.9. The van der Waals surface area contributed by atoms with E-state index in [9.17, 15) is 4.79 Å². The quantitative estimate of drug-likeness (QED) is 0.773. The first-order valence-electron chi connectivity index (χ1n) is 7.59. The molecule has 3 atom stereocenters. The zero-order valence-corrected chi connectivity index (χ0v) is 13.4. The third-order valence-corrected chi connectivity index (χ3v) is 5.91. The van der Waals surface area contributed by atoms with Crippen molar-refractivity contribution in [2.75, 3.05) is 6.61 Å². The summed E-state index contributed by atoms with van der Waals surface area (Å²) in [4.78, 5) is 14.7. The molecule has 110 valence electrons. The van der Waals surface area contributed by atoms with E-state index >= 15 is 0 Å². The smallest absolute Gasteiger partial charge is 0.225 e. The van der Waals surface area contributed by atoms with E-state index in [1.54, 1.807) is 0 Å². The average Bonchev–Trinajstić information content (AvgIpc) is 2.89. The van der Waals surface area contributed by atoms with Crippen molar-refractivity contribution in [3.63, 3.8) is 0 Å². The lowest BCUT2D eigenvalue weighted by molar-refractivity contribution is -0.173. The molecule has 1 aromatic carbocycles. The van der Waals surface area contributed by atoms with E-state index in [4.69, 9.17) is 4.74 Å². The van der Waals surface area contributed by atoms with Crippen molar-refractivity contribution < 1.29 is 9.53 Å². The van der Waals surface area contributed by atoms with Crippen LogP contribution in [0.5, 0.6) is 0 Å². The van der Waals surface area contributed by atoms with E-state index < -0.39 is 5.72 Å². The molecule has 2 saturated heterocycles. The molecule has 3 aliphatic rings. The van der Waals surface area contributed by atoms with Gasteiger partial charge in [0.2, 0.25) is 5.91 Å². The molecule has 1 aromatic rings.